The summed E-state index contributed by atoms with van der Waals surface area (Å²) in [7, 11) is 0. The van der Waals surface area contributed by atoms with Gasteiger partial charge in [-0.25, -0.2) is 9.78 Å². The maximum Gasteiger partial charge on any atom is 0.356 e. The van der Waals surface area contributed by atoms with Crippen LogP contribution in [0.3, 0.4) is 0 Å². The minimum Gasteiger partial charge on any atom is -0.476 e. The fraction of sp³-hybridized carbons (Fsp3) is 0.154. The van der Waals surface area contributed by atoms with Gasteiger partial charge in [0.15, 0.2) is 11.1 Å². The Hall–Kier alpha value is -4.44. The van der Waals surface area contributed by atoms with E-state index in [0.29, 0.717) is 44.7 Å². The van der Waals surface area contributed by atoms with Crippen LogP contribution in [0.2, 0.25) is 0 Å². The fourth-order valence-electron chi connectivity index (χ4n) is 3.90. The first-order valence-corrected chi connectivity index (χ1v) is 10.3. The molecule has 4 rings (SSSR count). The number of hydrogen-bond donors (Lipinski definition) is 2. The first kappa shape index (κ1) is 21.8. The molecule has 0 aliphatic carbocycles. The number of carboxylic acids is 1. The van der Waals surface area contributed by atoms with Gasteiger partial charge in [-0.1, -0.05) is 18.2 Å². The minimum atomic E-state index is -1.14. The summed E-state index contributed by atoms with van der Waals surface area (Å²) in [4.78, 5) is 28.8. The van der Waals surface area contributed by atoms with Gasteiger partial charge in [0.2, 0.25) is 0 Å². The Morgan fingerprint density at radius 1 is 1.18 bits per heavy atom. The van der Waals surface area contributed by atoms with Gasteiger partial charge in [-0.3, -0.25) is 4.79 Å². The third-order valence-electron chi connectivity index (χ3n) is 5.49. The number of nitriles is 1. The van der Waals surface area contributed by atoms with E-state index >= 15 is 0 Å². The molecule has 0 spiro atoms. The van der Waals surface area contributed by atoms with E-state index in [1.165, 1.54) is 6.20 Å². The number of rotatable bonds is 5. The number of aromatic carboxylic acids is 1. The highest BCUT2D eigenvalue weighted by molar-refractivity contribution is 5.92. The highest BCUT2D eigenvalue weighted by Crippen LogP contribution is 2.32. The van der Waals surface area contributed by atoms with Crippen LogP contribution in [-0.4, -0.2) is 16.1 Å². The average molecular weight is 439 g/mol. The number of nitrogens with one attached hydrogen (secondary N) is 1. The van der Waals surface area contributed by atoms with Crippen molar-refractivity contribution in [2.24, 2.45) is 0 Å². The number of carbonyl (C=O) groups is 1. The zero-order valence-electron chi connectivity index (χ0n) is 18.3. The van der Waals surface area contributed by atoms with E-state index in [1.54, 1.807) is 49.4 Å². The van der Waals surface area contributed by atoms with E-state index in [1.807, 2.05) is 19.9 Å². The van der Waals surface area contributed by atoms with Gasteiger partial charge in [0.1, 0.15) is 11.3 Å². The van der Waals surface area contributed by atoms with E-state index in [-0.39, 0.29) is 17.2 Å². The smallest absolute Gasteiger partial charge is 0.356 e. The number of aromatic nitrogens is 1. The van der Waals surface area contributed by atoms with Crippen molar-refractivity contribution in [2.45, 2.75) is 26.8 Å². The van der Waals surface area contributed by atoms with Gasteiger partial charge in [-0.05, 0) is 56.7 Å². The van der Waals surface area contributed by atoms with Crippen molar-refractivity contribution in [3.8, 4) is 17.4 Å². The molecule has 1 atom stereocenters. The van der Waals surface area contributed by atoms with Gasteiger partial charge < -0.3 is 14.8 Å². The molecule has 0 fully saturated rings. The van der Waals surface area contributed by atoms with Crippen molar-refractivity contribution in [1.82, 2.24) is 4.98 Å². The summed E-state index contributed by atoms with van der Waals surface area (Å²) in [6.45, 7) is 5.46. The highest BCUT2D eigenvalue weighted by Gasteiger charge is 2.20. The summed E-state index contributed by atoms with van der Waals surface area (Å²) in [6.07, 6.45) is 1.42. The molecule has 0 bridgehead atoms. The number of anilines is 1. The number of fused-ring (bicyclic) bond motifs is 1. The summed E-state index contributed by atoms with van der Waals surface area (Å²) in [5, 5.41) is 22.3. The molecule has 7 heteroatoms. The van der Waals surface area contributed by atoms with E-state index < -0.39 is 5.97 Å². The van der Waals surface area contributed by atoms with E-state index in [2.05, 4.69) is 16.4 Å². The van der Waals surface area contributed by atoms with Gasteiger partial charge in [-0.2, -0.15) is 5.26 Å². The molecule has 0 aliphatic rings. The summed E-state index contributed by atoms with van der Waals surface area (Å²) >= 11 is 0. The molecule has 0 aliphatic heterocycles. The predicted molar refractivity (Wildman–Crippen MR) is 125 cm³/mol. The maximum atomic E-state index is 13.3. The summed E-state index contributed by atoms with van der Waals surface area (Å²) in [5.41, 5.74) is 3.67. The van der Waals surface area contributed by atoms with Crippen molar-refractivity contribution in [2.75, 3.05) is 5.32 Å². The van der Waals surface area contributed by atoms with Crippen LogP contribution in [0.4, 0.5) is 5.69 Å². The molecule has 0 radical (unpaired) electrons. The summed E-state index contributed by atoms with van der Waals surface area (Å²) < 4.78 is 6.30. The third kappa shape index (κ3) is 4.06. The second-order valence-corrected chi connectivity index (χ2v) is 7.88. The van der Waals surface area contributed by atoms with Crippen molar-refractivity contribution in [3.05, 3.63) is 92.9 Å². The van der Waals surface area contributed by atoms with Crippen LogP contribution >= 0.6 is 0 Å². The molecule has 2 aromatic carbocycles. The molecule has 0 saturated heterocycles. The van der Waals surface area contributed by atoms with Crippen molar-refractivity contribution in [3.63, 3.8) is 0 Å². The van der Waals surface area contributed by atoms with Gasteiger partial charge >= 0.3 is 5.97 Å². The number of nitrogens with zero attached hydrogens (tertiary/aromatic N) is 2. The molecular weight excluding hydrogens is 418 g/mol. The van der Waals surface area contributed by atoms with Crippen LogP contribution in [0.1, 0.15) is 45.7 Å². The van der Waals surface area contributed by atoms with Gasteiger partial charge in [0, 0.05) is 22.9 Å². The minimum absolute atomic E-state index is 0.0902. The lowest BCUT2D eigenvalue weighted by Crippen LogP contribution is -2.14. The number of hydrogen-bond acceptors (Lipinski definition) is 6. The standard InChI is InChI=1S/C26H21N3O4/c1-14-10-19(16(3)29-21-8-5-9-28-22(21)26(31)32)25-20(11-14)23(30)15(2)24(33-25)18-7-4-6-17(12-18)13-27/h4-12,16,29H,1-3H3,(H,31,32)/t16-/m1/s1. The average Bonchev–Trinajstić information content (AvgIpc) is 2.81. The molecule has 7 nitrogen and oxygen atoms in total. The van der Waals surface area contributed by atoms with Crippen LogP contribution < -0.4 is 10.7 Å². The molecule has 0 amide bonds. The molecule has 0 unspecified atom stereocenters. The number of pyridine rings is 1. The quantitative estimate of drug-likeness (QED) is 0.438. The normalized spacial score (nSPS) is 11.7. The van der Waals surface area contributed by atoms with E-state index in [4.69, 9.17) is 4.42 Å². The third-order valence-corrected chi connectivity index (χ3v) is 5.49. The molecular formula is C26H21N3O4. The first-order chi connectivity index (χ1) is 15.8. The lowest BCUT2D eigenvalue weighted by molar-refractivity contribution is 0.0691. The van der Waals surface area contributed by atoms with Crippen LogP contribution in [0.15, 0.2) is 63.9 Å². The number of carboxylic acid groups (broad SMARTS) is 1. The molecule has 2 aromatic heterocycles. The Morgan fingerprint density at radius 2 is 1.97 bits per heavy atom. The van der Waals surface area contributed by atoms with Crippen LogP contribution in [0, 0.1) is 25.2 Å². The fourth-order valence-corrected chi connectivity index (χ4v) is 3.90. The maximum absolute atomic E-state index is 13.3. The van der Waals surface area contributed by atoms with E-state index in [9.17, 15) is 20.0 Å². The van der Waals surface area contributed by atoms with Crippen molar-refractivity contribution in [1.29, 1.82) is 5.26 Å². The largest absolute Gasteiger partial charge is 0.476 e. The summed E-state index contributed by atoms with van der Waals surface area (Å²) in [6, 6.07) is 15.6. The molecule has 2 N–H and O–H groups in total. The monoisotopic (exact) mass is 439 g/mol. The topological polar surface area (TPSA) is 116 Å². The zero-order valence-corrected chi connectivity index (χ0v) is 18.3. The van der Waals surface area contributed by atoms with Gasteiger partial charge in [-0.15, -0.1) is 0 Å². The second-order valence-electron chi connectivity index (χ2n) is 7.88. The second kappa shape index (κ2) is 8.60. The molecule has 0 saturated carbocycles. The Kier molecular flexibility index (Phi) is 5.67. The van der Waals surface area contributed by atoms with Crippen LogP contribution in [-0.2, 0) is 0 Å². The Bertz CT molecular complexity index is 1500. The van der Waals surface area contributed by atoms with Crippen molar-refractivity contribution < 1.29 is 14.3 Å². The van der Waals surface area contributed by atoms with Crippen molar-refractivity contribution >= 4 is 22.6 Å². The van der Waals surface area contributed by atoms with Gasteiger partial charge in [0.25, 0.3) is 0 Å². The predicted octanol–water partition coefficient (Wildman–Crippen LogP) is 5.21. The molecule has 2 heterocycles. The molecule has 4 aromatic rings. The Balaban J connectivity index is 1.90. The van der Waals surface area contributed by atoms with Gasteiger partial charge in [0.05, 0.1) is 28.7 Å². The van der Waals surface area contributed by atoms with Crippen LogP contribution in [0.5, 0.6) is 0 Å². The number of benzene rings is 2. The lowest BCUT2D eigenvalue weighted by atomic mass is 9.98. The van der Waals surface area contributed by atoms with E-state index in [0.717, 1.165) is 5.56 Å². The first-order valence-electron chi connectivity index (χ1n) is 10.3. The Morgan fingerprint density at radius 3 is 2.70 bits per heavy atom. The SMILES string of the molecule is Cc1cc([C@@H](C)Nc2cccnc2C(=O)O)c2oc(-c3cccc(C#N)c3)c(C)c(=O)c2c1. The lowest BCUT2D eigenvalue weighted by Gasteiger charge is -2.19. The molecule has 164 valence electrons. The highest BCUT2D eigenvalue weighted by atomic mass is 16.4. The molecule has 33 heavy (non-hydrogen) atoms. The van der Waals surface area contributed by atoms with Crippen LogP contribution in [0.25, 0.3) is 22.3 Å². The zero-order chi connectivity index (χ0) is 23.7. The Labute approximate surface area is 190 Å². The number of aryl methyl sites for hydroxylation is 1. The summed E-state index contributed by atoms with van der Waals surface area (Å²) in [5.74, 6) is -0.740.